The second-order valence-electron chi connectivity index (χ2n) is 4.25. The summed E-state index contributed by atoms with van der Waals surface area (Å²) in [5.41, 5.74) is 1.29. The standard InChI is InChI=1S/C15H15BrClNS/c1-10(18-2)14-9-11(16)3-8-15(14)19-13-6-4-12(17)5-7-13/h3-10,18H,1-2H3. The van der Waals surface area contributed by atoms with E-state index in [9.17, 15) is 0 Å². The zero-order valence-electron chi connectivity index (χ0n) is 10.8. The van der Waals surface area contributed by atoms with Crippen LogP contribution in [-0.2, 0) is 0 Å². The highest BCUT2D eigenvalue weighted by atomic mass is 79.9. The number of rotatable bonds is 4. The molecule has 0 saturated heterocycles. The van der Waals surface area contributed by atoms with Crippen LogP contribution in [-0.4, -0.2) is 7.05 Å². The smallest absolute Gasteiger partial charge is 0.0406 e. The molecule has 2 aromatic rings. The summed E-state index contributed by atoms with van der Waals surface area (Å²) in [6, 6.07) is 14.6. The van der Waals surface area contributed by atoms with Gasteiger partial charge in [-0.3, -0.25) is 0 Å². The first-order valence-electron chi connectivity index (χ1n) is 6.00. The van der Waals surface area contributed by atoms with Gasteiger partial charge in [0.05, 0.1) is 0 Å². The van der Waals surface area contributed by atoms with Crippen LogP contribution in [0, 0.1) is 0 Å². The molecule has 1 nitrogen and oxygen atoms in total. The highest BCUT2D eigenvalue weighted by Crippen LogP contribution is 2.35. The SMILES string of the molecule is CNC(C)c1cc(Br)ccc1Sc1ccc(Cl)cc1. The number of hydrogen-bond donors (Lipinski definition) is 1. The van der Waals surface area contributed by atoms with Crippen LogP contribution < -0.4 is 5.32 Å². The zero-order valence-corrected chi connectivity index (χ0v) is 13.9. The van der Waals surface area contributed by atoms with Gasteiger partial charge < -0.3 is 5.32 Å². The third kappa shape index (κ3) is 3.99. The van der Waals surface area contributed by atoms with Crippen molar-refractivity contribution in [1.82, 2.24) is 5.32 Å². The largest absolute Gasteiger partial charge is 0.313 e. The van der Waals surface area contributed by atoms with E-state index in [-0.39, 0.29) is 0 Å². The minimum absolute atomic E-state index is 0.312. The van der Waals surface area contributed by atoms with E-state index >= 15 is 0 Å². The monoisotopic (exact) mass is 355 g/mol. The fraction of sp³-hybridized carbons (Fsp3) is 0.200. The molecule has 100 valence electrons. The third-order valence-corrected chi connectivity index (χ3v) is 4.76. The normalized spacial score (nSPS) is 12.4. The van der Waals surface area contributed by atoms with Crippen LogP contribution in [0.2, 0.25) is 5.02 Å². The van der Waals surface area contributed by atoms with Crippen LogP contribution in [0.3, 0.4) is 0 Å². The first-order chi connectivity index (χ1) is 9.10. The van der Waals surface area contributed by atoms with Crippen molar-refractivity contribution in [1.29, 1.82) is 0 Å². The van der Waals surface area contributed by atoms with Crippen molar-refractivity contribution >= 4 is 39.3 Å². The highest BCUT2D eigenvalue weighted by molar-refractivity contribution is 9.10. The van der Waals surface area contributed by atoms with Crippen molar-refractivity contribution in [2.75, 3.05) is 7.05 Å². The van der Waals surface area contributed by atoms with E-state index in [4.69, 9.17) is 11.6 Å². The Morgan fingerprint density at radius 2 is 1.84 bits per heavy atom. The average molecular weight is 357 g/mol. The summed E-state index contributed by atoms with van der Waals surface area (Å²) in [6.07, 6.45) is 0. The lowest BCUT2D eigenvalue weighted by atomic mass is 10.1. The van der Waals surface area contributed by atoms with Crippen LogP contribution in [0.4, 0.5) is 0 Å². The molecule has 4 heteroatoms. The molecule has 0 bridgehead atoms. The number of halogens is 2. The molecular formula is C15H15BrClNS. The van der Waals surface area contributed by atoms with E-state index in [1.165, 1.54) is 15.4 Å². The van der Waals surface area contributed by atoms with E-state index in [1.54, 1.807) is 11.8 Å². The van der Waals surface area contributed by atoms with Gasteiger partial charge in [-0.15, -0.1) is 0 Å². The molecule has 19 heavy (non-hydrogen) atoms. The maximum Gasteiger partial charge on any atom is 0.0406 e. The molecule has 1 unspecified atom stereocenters. The van der Waals surface area contributed by atoms with Crippen molar-refractivity contribution in [2.24, 2.45) is 0 Å². The lowest BCUT2D eigenvalue weighted by molar-refractivity contribution is 0.641. The van der Waals surface area contributed by atoms with Gasteiger partial charge in [0, 0.05) is 25.3 Å². The van der Waals surface area contributed by atoms with Gasteiger partial charge in [-0.2, -0.15) is 0 Å². The van der Waals surface area contributed by atoms with Crippen LogP contribution in [0.5, 0.6) is 0 Å². The second kappa shape index (κ2) is 6.80. The van der Waals surface area contributed by atoms with E-state index < -0.39 is 0 Å². The van der Waals surface area contributed by atoms with Crippen LogP contribution in [0.1, 0.15) is 18.5 Å². The Labute approximate surface area is 131 Å². The Hall–Kier alpha value is -0.480. The Bertz CT molecular complexity index is 557. The van der Waals surface area contributed by atoms with Crippen LogP contribution >= 0.6 is 39.3 Å². The topological polar surface area (TPSA) is 12.0 Å². The molecule has 0 aromatic heterocycles. The quantitative estimate of drug-likeness (QED) is 0.772. The van der Waals surface area contributed by atoms with Crippen LogP contribution in [0.15, 0.2) is 56.7 Å². The molecule has 0 fully saturated rings. The van der Waals surface area contributed by atoms with Gasteiger partial charge in [0.25, 0.3) is 0 Å². The minimum Gasteiger partial charge on any atom is -0.313 e. The Morgan fingerprint density at radius 3 is 2.47 bits per heavy atom. The third-order valence-electron chi connectivity index (χ3n) is 2.91. The molecule has 1 N–H and O–H groups in total. The van der Waals surface area contributed by atoms with Crippen molar-refractivity contribution in [3.63, 3.8) is 0 Å². The first-order valence-corrected chi connectivity index (χ1v) is 7.99. The summed E-state index contributed by atoms with van der Waals surface area (Å²) in [5.74, 6) is 0. The summed E-state index contributed by atoms with van der Waals surface area (Å²) in [4.78, 5) is 2.45. The minimum atomic E-state index is 0.312. The number of hydrogen-bond acceptors (Lipinski definition) is 2. The van der Waals surface area contributed by atoms with Crippen molar-refractivity contribution in [2.45, 2.75) is 22.8 Å². The lowest BCUT2D eigenvalue weighted by Crippen LogP contribution is -2.13. The average Bonchev–Trinajstić information content (AvgIpc) is 2.42. The summed E-state index contributed by atoms with van der Waals surface area (Å²) >= 11 is 11.2. The van der Waals surface area contributed by atoms with E-state index in [0.717, 1.165) is 9.50 Å². The molecule has 0 saturated carbocycles. The summed E-state index contributed by atoms with van der Waals surface area (Å²) in [5, 5.41) is 4.06. The molecule has 1 atom stereocenters. The lowest BCUT2D eigenvalue weighted by Gasteiger charge is -2.16. The van der Waals surface area contributed by atoms with Gasteiger partial charge in [-0.1, -0.05) is 39.3 Å². The van der Waals surface area contributed by atoms with E-state index in [2.05, 4.69) is 46.4 Å². The van der Waals surface area contributed by atoms with Gasteiger partial charge >= 0.3 is 0 Å². The van der Waals surface area contributed by atoms with Crippen LogP contribution in [0.25, 0.3) is 0 Å². The van der Waals surface area contributed by atoms with Gasteiger partial charge in [0.2, 0.25) is 0 Å². The molecule has 0 aliphatic rings. The summed E-state index contributed by atoms with van der Waals surface area (Å²) < 4.78 is 1.10. The molecule has 2 rings (SSSR count). The zero-order chi connectivity index (χ0) is 13.8. The summed E-state index contributed by atoms with van der Waals surface area (Å²) in [6.45, 7) is 2.16. The predicted octanol–water partition coefficient (Wildman–Crippen LogP) is 5.53. The number of benzene rings is 2. The van der Waals surface area contributed by atoms with Crippen molar-refractivity contribution < 1.29 is 0 Å². The van der Waals surface area contributed by atoms with E-state index in [1.807, 2.05) is 31.3 Å². The molecule has 0 radical (unpaired) electrons. The predicted molar refractivity (Wildman–Crippen MR) is 87.2 cm³/mol. The molecule has 0 aliphatic carbocycles. The van der Waals surface area contributed by atoms with Gasteiger partial charge in [0.1, 0.15) is 0 Å². The Morgan fingerprint density at radius 1 is 1.16 bits per heavy atom. The molecule has 0 spiro atoms. The van der Waals surface area contributed by atoms with Crippen molar-refractivity contribution in [3.05, 3.63) is 57.5 Å². The molecule has 2 aromatic carbocycles. The van der Waals surface area contributed by atoms with Gasteiger partial charge in [-0.25, -0.2) is 0 Å². The van der Waals surface area contributed by atoms with E-state index in [0.29, 0.717) is 6.04 Å². The Balaban J connectivity index is 2.31. The van der Waals surface area contributed by atoms with Gasteiger partial charge in [-0.05, 0) is 62.0 Å². The van der Waals surface area contributed by atoms with Gasteiger partial charge in [0.15, 0.2) is 0 Å². The molecular weight excluding hydrogens is 342 g/mol. The molecule has 0 heterocycles. The van der Waals surface area contributed by atoms with Crippen molar-refractivity contribution in [3.8, 4) is 0 Å². The maximum absolute atomic E-state index is 5.91. The highest BCUT2D eigenvalue weighted by Gasteiger charge is 2.10. The second-order valence-corrected chi connectivity index (χ2v) is 6.72. The molecule has 0 amide bonds. The summed E-state index contributed by atoms with van der Waals surface area (Å²) in [7, 11) is 1.97. The first kappa shape index (κ1) is 14.9. The maximum atomic E-state index is 5.91. The molecule has 0 aliphatic heterocycles. The Kier molecular flexibility index (Phi) is 5.34. The fourth-order valence-corrected chi connectivity index (χ4v) is 3.26. The number of nitrogens with one attached hydrogen (secondary N) is 1. The fourth-order valence-electron chi connectivity index (χ4n) is 1.74.